The molecule has 1 fully saturated rings. The minimum Gasteiger partial charge on any atom is -0.381 e. The number of ether oxygens (including phenoxy) is 2. The molecular formula is C17H29BrIN3O2S. The highest BCUT2D eigenvalue weighted by atomic mass is 127. The van der Waals surface area contributed by atoms with Gasteiger partial charge in [-0.25, -0.2) is 0 Å². The van der Waals surface area contributed by atoms with Gasteiger partial charge in [-0.15, -0.1) is 35.3 Å². The fraction of sp³-hybridized carbons (Fsp3) is 0.706. The van der Waals surface area contributed by atoms with Crippen molar-refractivity contribution in [1.29, 1.82) is 0 Å². The zero-order valence-corrected chi connectivity index (χ0v) is 19.7. The fourth-order valence-corrected chi connectivity index (χ4v) is 4.07. The van der Waals surface area contributed by atoms with Gasteiger partial charge in [0.2, 0.25) is 0 Å². The third-order valence-corrected chi connectivity index (χ3v) is 5.41. The molecule has 1 aliphatic rings. The van der Waals surface area contributed by atoms with Crippen LogP contribution in [0.2, 0.25) is 0 Å². The zero-order valence-electron chi connectivity index (χ0n) is 15.0. The molecule has 1 N–H and O–H groups in total. The van der Waals surface area contributed by atoms with Gasteiger partial charge in [-0.3, -0.25) is 4.99 Å². The summed E-state index contributed by atoms with van der Waals surface area (Å²) in [5.74, 6) is 1.54. The number of thiophene rings is 1. The lowest BCUT2D eigenvalue weighted by Gasteiger charge is -2.21. The summed E-state index contributed by atoms with van der Waals surface area (Å²) in [5, 5.41) is 3.36. The molecule has 1 saturated heterocycles. The van der Waals surface area contributed by atoms with Gasteiger partial charge in [-0.1, -0.05) is 0 Å². The molecule has 0 amide bonds. The Kier molecular flexibility index (Phi) is 12.3. The maximum atomic E-state index is 5.73. The quantitative estimate of drug-likeness (QED) is 0.221. The maximum Gasteiger partial charge on any atom is 0.193 e. The Morgan fingerprint density at radius 3 is 3.00 bits per heavy atom. The summed E-state index contributed by atoms with van der Waals surface area (Å²) in [4.78, 5) is 8.19. The Morgan fingerprint density at radius 1 is 1.52 bits per heavy atom. The third-order valence-electron chi connectivity index (χ3n) is 3.80. The molecule has 144 valence electrons. The van der Waals surface area contributed by atoms with Crippen LogP contribution in [0.4, 0.5) is 0 Å². The van der Waals surface area contributed by atoms with Crippen molar-refractivity contribution in [3.05, 3.63) is 20.8 Å². The number of hydrogen-bond donors (Lipinski definition) is 1. The van der Waals surface area contributed by atoms with Crippen LogP contribution in [0.15, 0.2) is 20.9 Å². The lowest BCUT2D eigenvalue weighted by Crippen LogP contribution is -2.38. The molecule has 0 spiro atoms. The van der Waals surface area contributed by atoms with E-state index in [1.807, 2.05) is 0 Å². The van der Waals surface area contributed by atoms with Gasteiger partial charge in [0.05, 0.1) is 23.5 Å². The van der Waals surface area contributed by atoms with Crippen LogP contribution in [0.1, 0.15) is 24.6 Å². The predicted octanol–water partition coefficient (Wildman–Crippen LogP) is 3.97. The molecule has 2 rings (SSSR count). The molecule has 5 nitrogen and oxygen atoms in total. The van der Waals surface area contributed by atoms with E-state index in [9.17, 15) is 0 Å². The average Bonchev–Trinajstić information content (AvgIpc) is 3.21. The first-order chi connectivity index (χ1) is 11.7. The van der Waals surface area contributed by atoms with Gasteiger partial charge in [0.25, 0.3) is 0 Å². The summed E-state index contributed by atoms with van der Waals surface area (Å²) in [6.07, 6.45) is 2.08. The highest BCUT2D eigenvalue weighted by Gasteiger charge is 2.15. The third kappa shape index (κ3) is 9.03. The number of halogens is 2. The highest BCUT2D eigenvalue weighted by Crippen LogP contribution is 2.23. The predicted molar refractivity (Wildman–Crippen MR) is 119 cm³/mol. The number of nitrogens with one attached hydrogen (secondary N) is 1. The SMILES string of the molecule is CCNC(=NCCCOCC1CCOC1)N(C)Cc1ccc(Br)s1.I. The van der Waals surface area contributed by atoms with Gasteiger partial charge in [0.1, 0.15) is 0 Å². The minimum absolute atomic E-state index is 0. The Labute approximate surface area is 180 Å². The van der Waals surface area contributed by atoms with Crippen molar-refractivity contribution < 1.29 is 9.47 Å². The van der Waals surface area contributed by atoms with E-state index in [1.54, 1.807) is 11.3 Å². The first kappa shape index (κ1) is 23.1. The van der Waals surface area contributed by atoms with Crippen molar-refractivity contribution in [2.75, 3.05) is 46.6 Å². The summed E-state index contributed by atoms with van der Waals surface area (Å²) < 4.78 is 12.2. The molecule has 1 unspecified atom stereocenters. The van der Waals surface area contributed by atoms with E-state index in [0.29, 0.717) is 5.92 Å². The van der Waals surface area contributed by atoms with Crippen molar-refractivity contribution >= 4 is 57.2 Å². The topological polar surface area (TPSA) is 46.1 Å². The zero-order chi connectivity index (χ0) is 17.2. The smallest absolute Gasteiger partial charge is 0.193 e. The summed E-state index contributed by atoms with van der Waals surface area (Å²) >= 11 is 5.27. The molecule has 1 atom stereocenters. The number of rotatable bonds is 9. The second kappa shape index (κ2) is 13.3. The van der Waals surface area contributed by atoms with E-state index >= 15 is 0 Å². The number of hydrogen-bond acceptors (Lipinski definition) is 4. The second-order valence-corrected chi connectivity index (χ2v) is 8.50. The Balaban J connectivity index is 0.00000312. The van der Waals surface area contributed by atoms with E-state index in [4.69, 9.17) is 14.5 Å². The van der Waals surface area contributed by atoms with Crippen LogP contribution in [0.5, 0.6) is 0 Å². The number of aliphatic imine (C=N–C) groups is 1. The van der Waals surface area contributed by atoms with Crippen LogP contribution in [0.25, 0.3) is 0 Å². The van der Waals surface area contributed by atoms with Crippen molar-refractivity contribution in [2.24, 2.45) is 10.9 Å². The van der Waals surface area contributed by atoms with Crippen molar-refractivity contribution in [1.82, 2.24) is 10.2 Å². The molecule has 1 aromatic heterocycles. The highest BCUT2D eigenvalue weighted by molar-refractivity contribution is 14.0. The summed E-state index contributed by atoms with van der Waals surface area (Å²) in [6, 6.07) is 4.24. The molecule has 2 heterocycles. The monoisotopic (exact) mass is 545 g/mol. The average molecular weight is 546 g/mol. The number of guanidine groups is 1. The first-order valence-electron chi connectivity index (χ1n) is 8.58. The van der Waals surface area contributed by atoms with Gasteiger partial charge in [0.15, 0.2) is 5.96 Å². The second-order valence-electron chi connectivity index (χ2n) is 5.96. The lowest BCUT2D eigenvalue weighted by atomic mass is 10.1. The molecular weight excluding hydrogens is 517 g/mol. The molecule has 1 aliphatic heterocycles. The van der Waals surface area contributed by atoms with Gasteiger partial charge in [-0.2, -0.15) is 0 Å². The fourth-order valence-electron chi connectivity index (χ4n) is 2.53. The Morgan fingerprint density at radius 2 is 2.36 bits per heavy atom. The van der Waals surface area contributed by atoms with E-state index in [0.717, 1.165) is 68.6 Å². The van der Waals surface area contributed by atoms with Crippen LogP contribution in [-0.4, -0.2) is 57.4 Å². The van der Waals surface area contributed by atoms with Gasteiger partial charge >= 0.3 is 0 Å². The Hall–Kier alpha value is 0.1000. The van der Waals surface area contributed by atoms with E-state index in [2.05, 4.69) is 52.3 Å². The number of nitrogens with zero attached hydrogens (tertiary/aromatic N) is 2. The summed E-state index contributed by atoms with van der Waals surface area (Å²) in [6.45, 7) is 7.93. The molecule has 0 aliphatic carbocycles. The van der Waals surface area contributed by atoms with E-state index in [-0.39, 0.29) is 24.0 Å². The van der Waals surface area contributed by atoms with Crippen LogP contribution < -0.4 is 5.32 Å². The standard InChI is InChI=1S/C17H28BrN3O2S.HI/c1-3-19-17(21(2)11-15-5-6-16(18)24-15)20-8-4-9-22-12-14-7-10-23-13-14;/h5-6,14H,3-4,7-13H2,1-2H3,(H,19,20);1H. The van der Waals surface area contributed by atoms with Crippen LogP contribution >= 0.6 is 51.2 Å². The maximum absolute atomic E-state index is 5.73. The molecule has 8 heteroatoms. The minimum atomic E-state index is 0. The molecule has 1 aromatic rings. The lowest BCUT2D eigenvalue weighted by molar-refractivity contribution is 0.0893. The first-order valence-corrected chi connectivity index (χ1v) is 10.2. The molecule has 0 bridgehead atoms. The molecule has 25 heavy (non-hydrogen) atoms. The summed E-state index contributed by atoms with van der Waals surface area (Å²) in [5.41, 5.74) is 0. The van der Waals surface area contributed by atoms with Crippen LogP contribution in [-0.2, 0) is 16.0 Å². The Bertz CT molecular complexity index is 510. The largest absolute Gasteiger partial charge is 0.381 e. The van der Waals surface area contributed by atoms with Gasteiger partial charge in [0, 0.05) is 44.1 Å². The van der Waals surface area contributed by atoms with Gasteiger partial charge < -0.3 is 19.7 Å². The normalized spacial score (nSPS) is 17.4. The molecule has 0 radical (unpaired) electrons. The van der Waals surface area contributed by atoms with Crippen molar-refractivity contribution in [3.63, 3.8) is 0 Å². The van der Waals surface area contributed by atoms with Crippen LogP contribution in [0, 0.1) is 5.92 Å². The van der Waals surface area contributed by atoms with Crippen molar-refractivity contribution in [3.8, 4) is 0 Å². The van der Waals surface area contributed by atoms with E-state index < -0.39 is 0 Å². The van der Waals surface area contributed by atoms with Crippen molar-refractivity contribution in [2.45, 2.75) is 26.3 Å². The van der Waals surface area contributed by atoms with Gasteiger partial charge in [-0.05, 0) is 47.8 Å². The van der Waals surface area contributed by atoms with Crippen LogP contribution in [0.3, 0.4) is 0 Å². The molecule has 0 aromatic carbocycles. The summed E-state index contributed by atoms with van der Waals surface area (Å²) in [7, 11) is 2.08. The van der Waals surface area contributed by atoms with E-state index in [1.165, 1.54) is 4.88 Å². The molecule has 0 saturated carbocycles.